The van der Waals surface area contributed by atoms with E-state index in [1.54, 1.807) is 11.6 Å². The van der Waals surface area contributed by atoms with Gasteiger partial charge in [0.15, 0.2) is 5.78 Å². The van der Waals surface area contributed by atoms with Crippen molar-refractivity contribution in [3.63, 3.8) is 0 Å². The normalized spacial score (nSPS) is 10.7. The first-order chi connectivity index (χ1) is 6.65. The SMILES string of the molecule is CC(=O)Cn1cc2cc(C)ccc2n1. The van der Waals surface area contributed by atoms with Crippen molar-refractivity contribution >= 4 is 16.7 Å². The van der Waals surface area contributed by atoms with E-state index in [1.165, 1.54) is 5.56 Å². The van der Waals surface area contributed by atoms with Gasteiger partial charge in [-0.05, 0) is 26.0 Å². The zero-order valence-electron chi connectivity index (χ0n) is 8.32. The fourth-order valence-corrected chi connectivity index (χ4v) is 1.51. The van der Waals surface area contributed by atoms with Gasteiger partial charge in [-0.3, -0.25) is 9.48 Å². The van der Waals surface area contributed by atoms with E-state index in [1.807, 2.05) is 25.3 Å². The van der Waals surface area contributed by atoms with E-state index in [-0.39, 0.29) is 5.78 Å². The summed E-state index contributed by atoms with van der Waals surface area (Å²) in [5.41, 5.74) is 2.15. The quantitative estimate of drug-likeness (QED) is 0.721. The van der Waals surface area contributed by atoms with Crippen LogP contribution in [-0.2, 0) is 11.3 Å². The molecule has 14 heavy (non-hydrogen) atoms. The molecule has 1 heterocycles. The predicted molar refractivity (Wildman–Crippen MR) is 55.2 cm³/mol. The summed E-state index contributed by atoms with van der Waals surface area (Å²) in [4.78, 5) is 10.9. The van der Waals surface area contributed by atoms with Crippen LogP contribution in [0, 0.1) is 6.92 Å². The Morgan fingerprint density at radius 1 is 1.50 bits per heavy atom. The molecule has 0 radical (unpaired) electrons. The fraction of sp³-hybridized carbons (Fsp3) is 0.273. The Hall–Kier alpha value is -1.64. The summed E-state index contributed by atoms with van der Waals surface area (Å²) < 4.78 is 1.69. The van der Waals surface area contributed by atoms with E-state index in [2.05, 4.69) is 11.2 Å². The molecule has 0 unspecified atom stereocenters. The lowest BCUT2D eigenvalue weighted by Crippen LogP contribution is -2.05. The standard InChI is InChI=1S/C11H12N2O/c1-8-3-4-11-10(5-8)7-13(12-11)6-9(2)14/h3-5,7H,6H2,1-2H3. The summed E-state index contributed by atoms with van der Waals surface area (Å²) >= 11 is 0. The monoisotopic (exact) mass is 188 g/mol. The van der Waals surface area contributed by atoms with Crippen LogP contribution in [0.2, 0.25) is 0 Å². The topological polar surface area (TPSA) is 34.9 Å². The highest BCUT2D eigenvalue weighted by molar-refractivity contribution is 5.80. The third-order valence-electron chi connectivity index (χ3n) is 2.09. The summed E-state index contributed by atoms with van der Waals surface area (Å²) in [5.74, 6) is 0.120. The number of Topliss-reactive ketones (excluding diaryl/α,β-unsaturated/α-hetero) is 1. The summed E-state index contributed by atoms with van der Waals surface area (Å²) in [6.45, 7) is 3.97. The van der Waals surface area contributed by atoms with Crippen molar-refractivity contribution in [1.29, 1.82) is 0 Å². The first-order valence-electron chi connectivity index (χ1n) is 4.58. The van der Waals surface area contributed by atoms with Gasteiger partial charge in [0.1, 0.15) is 0 Å². The molecule has 72 valence electrons. The van der Waals surface area contributed by atoms with Gasteiger partial charge in [0, 0.05) is 11.6 Å². The molecule has 0 saturated heterocycles. The van der Waals surface area contributed by atoms with Crippen LogP contribution < -0.4 is 0 Å². The van der Waals surface area contributed by atoms with Crippen molar-refractivity contribution in [2.75, 3.05) is 0 Å². The maximum Gasteiger partial charge on any atom is 0.151 e. The minimum absolute atomic E-state index is 0.120. The number of aromatic nitrogens is 2. The fourth-order valence-electron chi connectivity index (χ4n) is 1.51. The molecule has 3 heteroatoms. The van der Waals surface area contributed by atoms with Crippen LogP contribution in [-0.4, -0.2) is 15.6 Å². The smallest absolute Gasteiger partial charge is 0.151 e. The van der Waals surface area contributed by atoms with Crippen LogP contribution in [0.15, 0.2) is 24.4 Å². The predicted octanol–water partition coefficient (Wildman–Crippen LogP) is 1.93. The summed E-state index contributed by atoms with van der Waals surface area (Å²) in [6, 6.07) is 6.06. The average molecular weight is 188 g/mol. The lowest BCUT2D eigenvalue weighted by molar-refractivity contribution is -0.117. The lowest BCUT2D eigenvalue weighted by Gasteiger charge is -1.93. The molecule has 0 bridgehead atoms. The molecule has 0 fully saturated rings. The largest absolute Gasteiger partial charge is 0.298 e. The molecule has 0 atom stereocenters. The van der Waals surface area contributed by atoms with E-state index in [0.29, 0.717) is 6.54 Å². The third-order valence-corrected chi connectivity index (χ3v) is 2.09. The second kappa shape index (κ2) is 3.25. The van der Waals surface area contributed by atoms with Crippen LogP contribution >= 0.6 is 0 Å². The first-order valence-corrected chi connectivity index (χ1v) is 4.58. The number of fused-ring (bicyclic) bond motifs is 1. The van der Waals surface area contributed by atoms with Crippen LogP contribution in [0.25, 0.3) is 10.9 Å². The molecule has 2 aromatic rings. The van der Waals surface area contributed by atoms with Gasteiger partial charge in [-0.15, -0.1) is 0 Å². The molecule has 0 N–H and O–H groups in total. The Bertz CT molecular complexity index is 485. The number of hydrogen-bond donors (Lipinski definition) is 0. The molecular formula is C11H12N2O. The molecule has 0 saturated carbocycles. The molecule has 0 amide bonds. The maximum atomic E-state index is 10.9. The minimum Gasteiger partial charge on any atom is -0.298 e. The molecular weight excluding hydrogens is 176 g/mol. The van der Waals surface area contributed by atoms with Crippen molar-refractivity contribution in [1.82, 2.24) is 9.78 Å². The molecule has 3 nitrogen and oxygen atoms in total. The van der Waals surface area contributed by atoms with Gasteiger partial charge in [-0.1, -0.05) is 11.6 Å². The summed E-state index contributed by atoms with van der Waals surface area (Å²) in [6.07, 6.45) is 1.91. The molecule has 0 spiro atoms. The Morgan fingerprint density at radius 3 is 3.00 bits per heavy atom. The lowest BCUT2D eigenvalue weighted by atomic mass is 10.2. The molecule has 1 aromatic heterocycles. The van der Waals surface area contributed by atoms with E-state index in [4.69, 9.17) is 0 Å². The number of nitrogens with zero attached hydrogens (tertiary/aromatic N) is 2. The number of carbonyl (C=O) groups excluding carboxylic acids is 1. The van der Waals surface area contributed by atoms with E-state index in [0.717, 1.165) is 10.9 Å². The molecule has 2 rings (SSSR count). The van der Waals surface area contributed by atoms with Crippen molar-refractivity contribution < 1.29 is 4.79 Å². The highest BCUT2D eigenvalue weighted by Crippen LogP contribution is 2.13. The highest BCUT2D eigenvalue weighted by atomic mass is 16.1. The van der Waals surface area contributed by atoms with Crippen LogP contribution in [0.1, 0.15) is 12.5 Å². The maximum absolute atomic E-state index is 10.9. The van der Waals surface area contributed by atoms with Gasteiger partial charge in [-0.2, -0.15) is 5.10 Å². The Kier molecular flexibility index (Phi) is 2.08. The summed E-state index contributed by atoms with van der Waals surface area (Å²) in [7, 11) is 0. The Morgan fingerprint density at radius 2 is 2.29 bits per heavy atom. The second-order valence-electron chi connectivity index (χ2n) is 3.59. The van der Waals surface area contributed by atoms with Gasteiger partial charge >= 0.3 is 0 Å². The zero-order chi connectivity index (χ0) is 10.1. The van der Waals surface area contributed by atoms with Crippen molar-refractivity contribution in [2.45, 2.75) is 20.4 Å². The first kappa shape index (κ1) is 8.94. The van der Waals surface area contributed by atoms with Crippen LogP contribution in [0.4, 0.5) is 0 Å². The van der Waals surface area contributed by atoms with Crippen molar-refractivity contribution in [3.8, 4) is 0 Å². The van der Waals surface area contributed by atoms with E-state index >= 15 is 0 Å². The Labute approximate surface area is 82.3 Å². The second-order valence-corrected chi connectivity index (χ2v) is 3.59. The number of hydrogen-bond acceptors (Lipinski definition) is 2. The number of carbonyl (C=O) groups is 1. The number of rotatable bonds is 2. The van der Waals surface area contributed by atoms with Gasteiger partial charge < -0.3 is 0 Å². The zero-order valence-corrected chi connectivity index (χ0v) is 8.32. The number of ketones is 1. The van der Waals surface area contributed by atoms with Gasteiger partial charge in [0.2, 0.25) is 0 Å². The van der Waals surface area contributed by atoms with Crippen molar-refractivity contribution in [3.05, 3.63) is 30.0 Å². The van der Waals surface area contributed by atoms with Crippen molar-refractivity contribution in [2.24, 2.45) is 0 Å². The molecule has 1 aromatic carbocycles. The molecule has 0 aliphatic carbocycles. The number of benzene rings is 1. The Balaban J connectivity index is 2.46. The van der Waals surface area contributed by atoms with Crippen LogP contribution in [0.5, 0.6) is 0 Å². The van der Waals surface area contributed by atoms with E-state index in [9.17, 15) is 4.79 Å². The average Bonchev–Trinajstić information content (AvgIpc) is 2.44. The summed E-state index contributed by atoms with van der Waals surface area (Å²) in [5, 5.41) is 5.38. The number of aryl methyl sites for hydroxylation is 1. The molecule has 0 aliphatic heterocycles. The minimum atomic E-state index is 0.120. The van der Waals surface area contributed by atoms with Gasteiger partial charge in [-0.25, -0.2) is 0 Å². The van der Waals surface area contributed by atoms with Crippen LogP contribution in [0.3, 0.4) is 0 Å². The van der Waals surface area contributed by atoms with E-state index < -0.39 is 0 Å². The van der Waals surface area contributed by atoms with Gasteiger partial charge in [0.05, 0.1) is 12.1 Å². The molecule has 0 aliphatic rings. The third kappa shape index (κ3) is 1.66. The van der Waals surface area contributed by atoms with Gasteiger partial charge in [0.25, 0.3) is 0 Å². The highest BCUT2D eigenvalue weighted by Gasteiger charge is 2.01.